The molecule has 1 N–H and O–H groups in total. The van der Waals surface area contributed by atoms with Gasteiger partial charge in [-0.25, -0.2) is 4.98 Å². The van der Waals surface area contributed by atoms with E-state index in [2.05, 4.69) is 18.3 Å². The van der Waals surface area contributed by atoms with Crippen molar-refractivity contribution < 1.29 is 14.3 Å². The van der Waals surface area contributed by atoms with E-state index in [9.17, 15) is 9.59 Å². The fraction of sp³-hybridized carbons (Fsp3) is 0.227. The average Bonchev–Trinajstić information content (AvgIpc) is 2.67. The summed E-state index contributed by atoms with van der Waals surface area (Å²) >= 11 is 1.44. The van der Waals surface area contributed by atoms with E-state index >= 15 is 0 Å². The van der Waals surface area contributed by atoms with Crippen LogP contribution in [0.15, 0.2) is 47.5 Å². The SMILES string of the molecule is Cc1cc(SC(C)C(=O)c2ccc3c(c2)NC(=O)CO3)nc2c(C)cccc12. The smallest absolute Gasteiger partial charge is 0.262 e. The normalized spacial score (nSPS) is 14.2. The third kappa shape index (κ3) is 3.47. The minimum atomic E-state index is -0.313. The van der Waals surface area contributed by atoms with Gasteiger partial charge in [-0.1, -0.05) is 30.0 Å². The molecule has 3 aromatic rings. The molecule has 0 saturated carbocycles. The Kier molecular flexibility index (Phi) is 4.81. The van der Waals surface area contributed by atoms with Gasteiger partial charge in [0.25, 0.3) is 5.91 Å². The van der Waals surface area contributed by atoms with Crippen molar-refractivity contribution in [2.45, 2.75) is 31.0 Å². The van der Waals surface area contributed by atoms with Crippen LogP contribution in [0.1, 0.15) is 28.4 Å². The molecule has 1 amide bonds. The Bertz CT molecular complexity index is 1110. The molecule has 28 heavy (non-hydrogen) atoms. The van der Waals surface area contributed by atoms with Crippen molar-refractivity contribution in [2.24, 2.45) is 0 Å². The highest BCUT2D eigenvalue weighted by Crippen LogP contribution is 2.32. The van der Waals surface area contributed by atoms with Gasteiger partial charge in [-0.15, -0.1) is 0 Å². The summed E-state index contributed by atoms with van der Waals surface area (Å²) in [4.78, 5) is 29.2. The lowest BCUT2D eigenvalue weighted by molar-refractivity contribution is -0.118. The number of hydrogen-bond acceptors (Lipinski definition) is 5. The Labute approximate surface area is 167 Å². The summed E-state index contributed by atoms with van der Waals surface area (Å²) in [5, 5.41) is 4.39. The number of hydrogen-bond donors (Lipinski definition) is 1. The molecule has 1 aliphatic heterocycles. The molecule has 1 unspecified atom stereocenters. The van der Waals surface area contributed by atoms with Gasteiger partial charge in [0, 0.05) is 10.9 Å². The van der Waals surface area contributed by atoms with Gasteiger partial charge in [-0.2, -0.15) is 0 Å². The van der Waals surface area contributed by atoms with Crippen molar-refractivity contribution in [3.05, 3.63) is 59.2 Å². The number of amides is 1. The highest BCUT2D eigenvalue weighted by atomic mass is 32.2. The Balaban J connectivity index is 1.58. The van der Waals surface area contributed by atoms with Crippen molar-refractivity contribution >= 4 is 40.0 Å². The number of nitrogens with zero attached hydrogens (tertiary/aromatic N) is 1. The number of anilines is 1. The quantitative estimate of drug-likeness (QED) is 0.521. The van der Waals surface area contributed by atoms with Crippen LogP contribution in [-0.4, -0.2) is 28.5 Å². The average molecular weight is 392 g/mol. The lowest BCUT2D eigenvalue weighted by Gasteiger charge is -2.19. The topological polar surface area (TPSA) is 68.3 Å². The predicted molar refractivity (Wildman–Crippen MR) is 111 cm³/mol. The van der Waals surface area contributed by atoms with E-state index in [0.29, 0.717) is 17.0 Å². The van der Waals surface area contributed by atoms with Gasteiger partial charge in [0.15, 0.2) is 12.4 Å². The molecule has 142 valence electrons. The highest BCUT2D eigenvalue weighted by molar-refractivity contribution is 8.00. The first-order valence-corrected chi connectivity index (χ1v) is 9.95. The van der Waals surface area contributed by atoms with Crippen LogP contribution in [0.3, 0.4) is 0 Å². The van der Waals surface area contributed by atoms with Crippen LogP contribution in [0.25, 0.3) is 10.9 Å². The van der Waals surface area contributed by atoms with Gasteiger partial charge in [-0.05, 0) is 56.2 Å². The lowest BCUT2D eigenvalue weighted by Crippen LogP contribution is -2.25. The second-order valence-electron chi connectivity index (χ2n) is 6.92. The first-order chi connectivity index (χ1) is 13.4. The number of aromatic nitrogens is 1. The maximum absolute atomic E-state index is 12.9. The standard InChI is InChI=1S/C22H20N2O3S/c1-12-5-4-6-16-13(2)9-20(24-21(12)16)28-14(3)22(26)15-7-8-18-17(10-15)23-19(25)11-27-18/h4-10,14H,11H2,1-3H3,(H,23,25). The molecule has 1 aromatic heterocycles. The summed E-state index contributed by atoms with van der Waals surface area (Å²) in [5.41, 5.74) is 4.31. The van der Waals surface area contributed by atoms with Gasteiger partial charge in [0.1, 0.15) is 5.75 Å². The molecule has 0 aliphatic carbocycles. The van der Waals surface area contributed by atoms with Crippen molar-refractivity contribution in [2.75, 3.05) is 11.9 Å². The summed E-state index contributed by atoms with van der Waals surface area (Å²) in [6, 6.07) is 13.3. The van der Waals surface area contributed by atoms with Gasteiger partial charge in [-0.3, -0.25) is 9.59 Å². The molecule has 2 aromatic carbocycles. The number of thioether (sulfide) groups is 1. The number of carbonyl (C=O) groups is 2. The van der Waals surface area contributed by atoms with Gasteiger partial charge in [0.2, 0.25) is 0 Å². The maximum Gasteiger partial charge on any atom is 0.262 e. The zero-order chi connectivity index (χ0) is 19.8. The van der Waals surface area contributed by atoms with E-state index in [4.69, 9.17) is 9.72 Å². The van der Waals surface area contributed by atoms with Crippen molar-refractivity contribution in [1.82, 2.24) is 4.98 Å². The van der Waals surface area contributed by atoms with Crippen LogP contribution in [0.4, 0.5) is 5.69 Å². The predicted octanol–water partition coefficient (Wildman–Crippen LogP) is 4.55. The summed E-state index contributed by atoms with van der Waals surface area (Å²) in [7, 11) is 0. The number of carbonyl (C=O) groups excluding carboxylic acids is 2. The fourth-order valence-corrected chi connectivity index (χ4v) is 4.29. The molecule has 1 aliphatic rings. The van der Waals surface area contributed by atoms with E-state index < -0.39 is 0 Å². The van der Waals surface area contributed by atoms with Gasteiger partial charge in [0.05, 0.1) is 21.5 Å². The zero-order valence-corrected chi connectivity index (χ0v) is 16.7. The van der Waals surface area contributed by atoms with E-state index in [1.807, 2.05) is 32.0 Å². The number of Topliss-reactive ketones (excluding diaryl/α,β-unsaturated/α-hetero) is 1. The minimum absolute atomic E-state index is 0.00104. The largest absolute Gasteiger partial charge is 0.482 e. The fourth-order valence-electron chi connectivity index (χ4n) is 3.30. The number of para-hydroxylation sites is 1. The van der Waals surface area contributed by atoms with Gasteiger partial charge >= 0.3 is 0 Å². The molecular weight excluding hydrogens is 372 g/mol. The Hall–Kier alpha value is -2.86. The Morgan fingerprint density at radius 3 is 2.82 bits per heavy atom. The number of rotatable bonds is 4. The van der Waals surface area contributed by atoms with Crippen molar-refractivity contribution in [1.29, 1.82) is 0 Å². The molecule has 0 saturated heterocycles. The van der Waals surface area contributed by atoms with E-state index in [1.54, 1.807) is 18.2 Å². The molecule has 0 bridgehead atoms. The maximum atomic E-state index is 12.9. The number of ketones is 1. The number of aryl methyl sites for hydroxylation is 2. The van der Waals surface area contributed by atoms with Crippen LogP contribution in [0.2, 0.25) is 0 Å². The van der Waals surface area contributed by atoms with Crippen LogP contribution in [0, 0.1) is 13.8 Å². The first-order valence-electron chi connectivity index (χ1n) is 9.07. The summed E-state index contributed by atoms with van der Waals surface area (Å²) in [6.07, 6.45) is 0. The second kappa shape index (κ2) is 7.28. The van der Waals surface area contributed by atoms with E-state index in [-0.39, 0.29) is 23.5 Å². The molecule has 5 nitrogen and oxygen atoms in total. The molecule has 0 spiro atoms. The van der Waals surface area contributed by atoms with Crippen LogP contribution < -0.4 is 10.1 Å². The van der Waals surface area contributed by atoms with Crippen LogP contribution >= 0.6 is 11.8 Å². The molecule has 1 atom stereocenters. The molecular formula is C22H20N2O3S. The Morgan fingerprint density at radius 1 is 1.18 bits per heavy atom. The van der Waals surface area contributed by atoms with Crippen molar-refractivity contribution in [3.63, 3.8) is 0 Å². The van der Waals surface area contributed by atoms with E-state index in [0.717, 1.165) is 27.1 Å². The zero-order valence-electron chi connectivity index (χ0n) is 15.9. The Morgan fingerprint density at radius 2 is 2.00 bits per heavy atom. The number of nitrogens with one attached hydrogen (secondary N) is 1. The number of fused-ring (bicyclic) bond motifs is 2. The molecule has 4 rings (SSSR count). The first kappa shape index (κ1) is 18.5. The third-order valence-corrected chi connectivity index (χ3v) is 5.81. The number of ether oxygens (including phenoxy) is 1. The second-order valence-corrected chi connectivity index (χ2v) is 8.28. The molecule has 0 fully saturated rings. The summed E-state index contributed by atoms with van der Waals surface area (Å²) in [5.74, 6) is 0.349. The molecule has 6 heteroatoms. The van der Waals surface area contributed by atoms with Crippen molar-refractivity contribution in [3.8, 4) is 5.75 Å². The monoisotopic (exact) mass is 392 g/mol. The third-order valence-electron chi connectivity index (χ3n) is 4.79. The lowest BCUT2D eigenvalue weighted by atomic mass is 10.1. The van der Waals surface area contributed by atoms with Crippen LogP contribution in [0.5, 0.6) is 5.75 Å². The minimum Gasteiger partial charge on any atom is -0.482 e. The number of pyridine rings is 1. The van der Waals surface area contributed by atoms with E-state index in [1.165, 1.54) is 11.8 Å². The molecule has 2 heterocycles. The van der Waals surface area contributed by atoms with Gasteiger partial charge < -0.3 is 10.1 Å². The number of benzene rings is 2. The summed E-state index contributed by atoms with van der Waals surface area (Å²) < 4.78 is 5.35. The summed E-state index contributed by atoms with van der Waals surface area (Å²) in [6.45, 7) is 5.98. The molecule has 0 radical (unpaired) electrons. The van der Waals surface area contributed by atoms with Crippen LogP contribution in [-0.2, 0) is 4.79 Å². The highest BCUT2D eigenvalue weighted by Gasteiger charge is 2.22.